The summed E-state index contributed by atoms with van der Waals surface area (Å²) in [6.07, 6.45) is 9.01. The van der Waals surface area contributed by atoms with E-state index in [9.17, 15) is 9.59 Å². The largest absolute Gasteiger partial charge is 0.480 e. The number of hydrogen-bond donors (Lipinski definition) is 2. The topological polar surface area (TPSA) is 87.5 Å². The van der Waals surface area contributed by atoms with Crippen LogP contribution in [0.1, 0.15) is 25.7 Å². The van der Waals surface area contributed by atoms with Gasteiger partial charge in [-0.3, -0.25) is 4.79 Å². The molecule has 0 bridgehead atoms. The minimum Gasteiger partial charge on any atom is -0.480 e. The normalized spacial score (nSPS) is 14.0. The van der Waals surface area contributed by atoms with Crippen molar-refractivity contribution in [3.05, 3.63) is 18.7 Å². The second-order valence-electron chi connectivity index (χ2n) is 4.99. The lowest BCUT2D eigenvalue weighted by molar-refractivity contribution is -0.137. The fourth-order valence-corrected chi connectivity index (χ4v) is 2.03. The van der Waals surface area contributed by atoms with Gasteiger partial charge in [0.05, 0.1) is 6.33 Å². The van der Waals surface area contributed by atoms with E-state index in [1.807, 2.05) is 10.8 Å². The maximum Gasteiger partial charge on any atom is 0.323 e. The summed E-state index contributed by atoms with van der Waals surface area (Å²) in [6.45, 7) is 1.22. The van der Waals surface area contributed by atoms with Crippen LogP contribution in [-0.2, 0) is 11.3 Å². The average Bonchev–Trinajstić information content (AvgIpc) is 3.12. The zero-order valence-corrected chi connectivity index (χ0v) is 11.4. The molecule has 0 spiro atoms. The number of hydrogen-bond acceptors (Lipinski definition) is 3. The summed E-state index contributed by atoms with van der Waals surface area (Å²) in [5, 5.41) is 11.6. The van der Waals surface area contributed by atoms with Crippen molar-refractivity contribution in [3.63, 3.8) is 0 Å². The van der Waals surface area contributed by atoms with Crippen molar-refractivity contribution in [1.29, 1.82) is 0 Å². The van der Waals surface area contributed by atoms with Crippen LogP contribution >= 0.6 is 0 Å². The molecule has 0 atom stereocenters. The van der Waals surface area contributed by atoms with Crippen LogP contribution < -0.4 is 5.32 Å². The molecular weight excluding hydrogens is 260 g/mol. The molecule has 7 heteroatoms. The van der Waals surface area contributed by atoms with Gasteiger partial charge < -0.3 is 19.9 Å². The maximum atomic E-state index is 11.9. The lowest BCUT2D eigenvalue weighted by atomic mass is 10.3. The number of aliphatic carboxylic acids is 1. The van der Waals surface area contributed by atoms with Gasteiger partial charge in [0.15, 0.2) is 0 Å². The van der Waals surface area contributed by atoms with Gasteiger partial charge >= 0.3 is 12.0 Å². The van der Waals surface area contributed by atoms with Crippen LogP contribution in [0.5, 0.6) is 0 Å². The number of aromatic nitrogens is 2. The summed E-state index contributed by atoms with van der Waals surface area (Å²) in [7, 11) is 0. The van der Waals surface area contributed by atoms with Crippen molar-refractivity contribution < 1.29 is 14.7 Å². The zero-order chi connectivity index (χ0) is 14.4. The Morgan fingerprint density at radius 1 is 1.40 bits per heavy atom. The molecule has 1 aromatic rings. The molecule has 0 saturated heterocycles. The van der Waals surface area contributed by atoms with E-state index >= 15 is 0 Å². The SMILES string of the molecule is O=C(O)CN(C(=O)NCCCCn1ccnc1)C1CC1. The number of nitrogens with one attached hydrogen (secondary N) is 1. The molecule has 0 unspecified atom stereocenters. The highest BCUT2D eigenvalue weighted by molar-refractivity contribution is 5.80. The van der Waals surface area contributed by atoms with E-state index in [1.165, 1.54) is 4.90 Å². The number of carboxylic acids is 1. The Kier molecular flexibility index (Phi) is 4.97. The Hall–Kier alpha value is -2.05. The van der Waals surface area contributed by atoms with Crippen LogP contribution in [0.15, 0.2) is 18.7 Å². The highest BCUT2D eigenvalue weighted by atomic mass is 16.4. The third kappa shape index (κ3) is 4.56. The quantitative estimate of drug-likeness (QED) is 0.693. The van der Waals surface area contributed by atoms with Crippen molar-refractivity contribution in [3.8, 4) is 0 Å². The van der Waals surface area contributed by atoms with E-state index in [-0.39, 0.29) is 18.6 Å². The summed E-state index contributed by atoms with van der Waals surface area (Å²) in [6, 6.07) is -0.158. The molecular formula is C13H20N4O3. The van der Waals surface area contributed by atoms with Gasteiger partial charge in [-0.25, -0.2) is 9.78 Å². The molecule has 1 heterocycles. The lowest BCUT2D eigenvalue weighted by Crippen LogP contribution is -2.44. The van der Waals surface area contributed by atoms with Gasteiger partial charge in [0.1, 0.15) is 6.54 Å². The molecule has 0 radical (unpaired) electrons. The molecule has 1 fully saturated rings. The Morgan fingerprint density at radius 2 is 2.20 bits per heavy atom. The number of imidazole rings is 1. The minimum absolute atomic E-state index is 0.108. The van der Waals surface area contributed by atoms with Crippen molar-refractivity contribution in [1.82, 2.24) is 19.8 Å². The van der Waals surface area contributed by atoms with Crippen LogP contribution in [0.25, 0.3) is 0 Å². The van der Waals surface area contributed by atoms with Gasteiger partial charge in [0, 0.05) is 31.5 Å². The molecule has 110 valence electrons. The summed E-state index contributed by atoms with van der Waals surface area (Å²) < 4.78 is 1.99. The first kappa shape index (κ1) is 14.4. The standard InChI is InChI=1S/C13H20N4O3/c18-12(19)9-17(11-3-4-11)13(20)15-5-1-2-7-16-8-6-14-10-16/h6,8,10-11H,1-5,7,9H2,(H,15,20)(H,18,19). The summed E-state index contributed by atoms with van der Waals surface area (Å²) in [5.74, 6) is -0.966. The number of carbonyl (C=O) groups is 2. The predicted molar refractivity (Wildman–Crippen MR) is 72.2 cm³/mol. The van der Waals surface area contributed by atoms with E-state index in [2.05, 4.69) is 10.3 Å². The van der Waals surface area contributed by atoms with Gasteiger partial charge in [-0.2, -0.15) is 0 Å². The maximum absolute atomic E-state index is 11.9. The summed E-state index contributed by atoms with van der Waals surface area (Å²) in [4.78, 5) is 28.0. The molecule has 20 heavy (non-hydrogen) atoms. The number of rotatable bonds is 8. The Bertz CT molecular complexity index is 442. The molecule has 2 amide bonds. The molecule has 0 aliphatic heterocycles. The third-order valence-corrected chi connectivity index (χ3v) is 3.23. The van der Waals surface area contributed by atoms with Gasteiger partial charge in [-0.15, -0.1) is 0 Å². The van der Waals surface area contributed by atoms with Crippen molar-refractivity contribution in [2.45, 2.75) is 38.3 Å². The highest BCUT2D eigenvalue weighted by Crippen LogP contribution is 2.26. The van der Waals surface area contributed by atoms with Crippen molar-refractivity contribution in [2.24, 2.45) is 0 Å². The summed E-state index contributed by atoms with van der Waals surface area (Å²) >= 11 is 0. The number of unbranched alkanes of at least 4 members (excludes halogenated alkanes) is 1. The minimum atomic E-state index is -0.966. The van der Waals surface area contributed by atoms with Crippen molar-refractivity contribution >= 4 is 12.0 Å². The van der Waals surface area contributed by atoms with Gasteiger partial charge in [0.2, 0.25) is 0 Å². The molecule has 1 saturated carbocycles. The number of carboxylic acid groups (broad SMARTS) is 1. The van der Waals surface area contributed by atoms with Crippen LogP contribution in [0, 0.1) is 0 Å². The third-order valence-electron chi connectivity index (χ3n) is 3.23. The van der Waals surface area contributed by atoms with Gasteiger partial charge in [0.25, 0.3) is 0 Å². The monoisotopic (exact) mass is 280 g/mol. The van der Waals surface area contributed by atoms with E-state index in [0.29, 0.717) is 6.54 Å². The Morgan fingerprint density at radius 3 is 2.80 bits per heavy atom. The van der Waals surface area contributed by atoms with Crippen LogP contribution in [0.3, 0.4) is 0 Å². The van der Waals surface area contributed by atoms with Crippen LogP contribution in [0.4, 0.5) is 4.79 Å². The Labute approximate surface area is 117 Å². The molecule has 1 aromatic heterocycles. The fourth-order valence-electron chi connectivity index (χ4n) is 2.03. The van der Waals surface area contributed by atoms with E-state index in [4.69, 9.17) is 5.11 Å². The highest BCUT2D eigenvalue weighted by Gasteiger charge is 2.33. The Balaban J connectivity index is 1.62. The zero-order valence-electron chi connectivity index (χ0n) is 11.4. The molecule has 1 aliphatic carbocycles. The predicted octanol–water partition coefficient (Wildman–Crippen LogP) is 0.922. The number of amides is 2. The van der Waals surface area contributed by atoms with E-state index in [0.717, 1.165) is 32.2 Å². The van der Waals surface area contributed by atoms with Crippen LogP contribution in [-0.4, -0.2) is 50.7 Å². The molecule has 0 aromatic carbocycles. The molecule has 2 N–H and O–H groups in total. The lowest BCUT2D eigenvalue weighted by Gasteiger charge is -2.20. The molecule has 2 rings (SSSR count). The number of nitrogens with zero attached hydrogens (tertiary/aromatic N) is 3. The van der Waals surface area contributed by atoms with E-state index in [1.54, 1.807) is 12.5 Å². The fraction of sp³-hybridized carbons (Fsp3) is 0.615. The average molecular weight is 280 g/mol. The number of urea groups is 1. The first-order chi connectivity index (χ1) is 9.66. The molecule has 7 nitrogen and oxygen atoms in total. The first-order valence-electron chi connectivity index (χ1n) is 6.89. The second kappa shape index (κ2) is 6.93. The smallest absolute Gasteiger partial charge is 0.323 e. The molecule has 1 aliphatic rings. The van der Waals surface area contributed by atoms with Crippen LogP contribution in [0.2, 0.25) is 0 Å². The van der Waals surface area contributed by atoms with Gasteiger partial charge in [-0.1, -0.05) is 0 Å². The summed E-state index contributed by atoms with van der Waals surface area (Å²) in [5.41, 5.74) is 0. The van der Waals surface area contributed by atoms with Crippen molar-refractivity contribution in [2.75, 3.05) is 13.1 Å². The number of carbonyl (C=O) groups excluding carboxylic acids is 1. The van der Waals surface area contributed by atoms with Gasteiger partial charge in [-0.05, 0) is 25.7 Å². The van der Waals surface area contributed by atoms with E-state index < -0.39 is 5.97 Å². The first-order valence-corrected chi connectivity index (χ1v) is 6.89. The number of aryl methyl sites for hydroxylation is 1. The second-order valence-corrected chi connectivity index (χ2v) is 4.99.